The summed E-state index contributed by atoms with van der Waals surface area (Å²) in [6.07, 6.45) is -0.236. The predicted octanol–water partition coefficient (Wildman–Crippen LogP) is 3.32. The van der Waals surface area contributed by atoms with Gasteiger partial charge in [-0.1, -0.05) is 13.8 Å². The molecule has 3 rings (SSSR count). The molecule has 6 heteroatoms. The number of amides is 1. The third-order valence-corrected chi connectivity index (χ3v) is 5.01. The number of rotatable bonds is 4. The molecule has 1 amide bonds. The Bertz CT molecular complexity index is 880. The fraction of sp³-hybridized carbons (Fsp3) is 0.524. The molecule has 0 bridgehead atoms. The van der Waals surface area contributed by atoms with Gasteiger partial charge in [0.1, 0.15) is 5.58 Å². The van der Waals surface area contributed by atoms with Gasteiger partial charge in [-0.2, -0.15) is 0 Å². The summed E-state index contributed by atoms with van der Waals surface area (Å²) in [7, 11) is 0. The zero-order chi connectivity index (χ0) is 19.6. The minimum atomic E-state index is -0.323. The maximum Gasteiger partial charge on any atom is 0.409 e. The molecular weight excluding hydrogens is 344 g/mol. The van der Waals surface area contributed by atoms with Crippen molar-refractivity contribution in [3.63, 3.8) is 0 Å². The number of nitrogens with zero attached hydrogens (tertiary/aromatic N) is 2. The molecule has 0 unspecified atom stereocenters. The molecule has 1 aliphatic heterocycles. The number of piperazine rings is 1. The van der Waals surface area contributed by atoms with Gasteiger partial charge in [-0.25, -0.2) is 9.59 Å². The van der Waals surface area contributed by atoms with E-state index in [1.54, 1.807) is 11.0 Å². The lowest BCUT2D eigenvalue weighted by Crippen LogP contribution is -2.48. The second kappa shape index (κ2) is 8.13. The fourth-order valence-electron chi connectivity index (χ4n) is 3.27. The van der Waals surface area contributed by atoms with E-state index in [-0.39, 0.29) is 11.7 Å². The Balaban J connectivity index is 1.68. The van der Waals surface area contributed by atoms with Crippen LogP contribution >= 0.6 is 0 Å². The molecule has 27 heavy (non-hydrogen) atoms. The molecule has 1 aromatic heterocycles. The number of hydrogen-bond donors (Lipinski definition) is 0. The number of carbonyl (C=O) groups is 1. The van der Waals surface area contributed by atoms with Crippen LogP contribution in [0.4, 0.5) is 4.79 Å². The van der Waals surface area contributed by atoms with Crippen molar-refractivity contribution in [3.05, 3.63) is 45.3 Å². The molecule has 6 nitrogen and oxygen atoms in total. The molecule has 2 aromatic rings. The minimum absolute atomic E-state index is 0.236. The van der Waals surface area contributed by atoms with Gasteiger partial charge in [0.2, 0.25) is 0 Å². The summed E-state index contributed by atoms with van der Waals surface area (Å²) < 4.78 is 10.7. The van der Waals surface area contributed by atoms with Crippen LogP contribution in [0.1, 0.15) is 30.5 Å². The molecule has 1 aromatic carbocycles. The van der Waals surface area contributed by atoms with E-state index in [9.17, 15) is 9.59 Å². The lowest BCUT2D eigenvalue weighted by atomic mass is 10.0. The first kappa shape index (κ1) is 19.4. The molecule has 0 N–H and O–H groups in total. The van der Waals surface area contributed by atoms with Gasteiger partial charge in [-0.05, 0) is 48.6 Å². The topological polar surface area (TPSA) is 63.0 Å². The van der Waals surface area contributed by atoms with Crippen molar-refractivity contribution in [3.8, 4) is 0 Å². The van der Waals surface area contributed by atoms with Crippen LogP contribution in [0.15, 0.2) is 27.4 Å². The molecule has 1 fully saturated rings. The summed E-state index contributed by atoms with van der Waals surface area (Å²) in [4.78, 5) is 28.1. The van der Waals surface area contributed by atoms with E-state index in [4.69, 9.17) is 9.15 Å². The largest absolute Gasteiger partial charge is 0.449 e. The number of fused-ring (bicyclic) bond motifs is 1. The summed E-state index contributed by atoms with van der Waals surface area (Å²) in [5.74, 6) is 0.334. The van der Waals surface area contributed by atoms with Gasteiger partial charge in [-0.15, -0.1) is 0 Å². The number of ether oxygens (including phenoxy) is 1. The van der Waals surface area contributed by atoms with Crippen LogP contribution < -0.4 is 5.63 Å². The van der Waals surface area contributed by atoms with E-state index in [0.717, 1.165) is 29.6 Å². The van der Waals surface area contributed by atoms with E-state index in [1.165, 1.54) is 5.56 Å². The van der Waals surface area contributed by atoms with Crippen LogP contribution in [0, 0.1) is 19.8 Å². The third kappa shape index (κ3) is 4.69. The van der Waals surface area contributed by atoms with E-state index in [1.807, 2.05) is 26.8 Å². The molecule has 0 atom stereocenters. The Morgan fingerprint density at radius 2 is 1.78 bits per heavy atom. The van der Waals surface area contributed by atoms with Crippen LogP contribution in [0.3, 0.4) is 0 Å². The first-order valence-corrected chi connectivity index (χ1v) is 9.51. The SMILES string of the molecule is Cc1cc2oc(=O)cc(CN3CCN(C(=O)OCC(C)C)CC3)c2cc1C. The molecule has 1 saturated heterocycles. The van der Waals surface area contributed by atoms with Crippen molar-refractivity contribution in [1.82, 2.24) is 9.80 Å². The highest BCUT2D eigenvalue weighted by atomic mass is 16.6. The van der Waals surface area contributed by atoms with Gasteiger partial charge in [0.05, 0.1) is 6.61 Å². The van der Waals surface area contributed by atoms with E-state index >= 15 is 0 Å². The van der Waals surface area contributed by atoms with Crippen molar-refractivity contribution in [2.24, 2.45) is 5.92 Å². The third-order valence-electron chi connectivity index (χ3n) is 5.01. The predicted molar refractivity (Wildman–Crippen MR) is 105 cm³/mol. The van der Waals surface area contributed by atoms with Crippen LogP contribution in [0.25, 0.3) is 11.0 Å². The van der Waals surface area contributed by atoms with Crippen molar-refractivity contribution in [2.75, 3.05) is 32.8 Å². The van der Waals surface area contributed by atoms with Gasteiger partial charge in [0.15, 0.2) is 0 Å². The molecule has 0 aliphatic carbocycles. The van der Waals surface area contributed by atoms with Crippen LogP contribution in [-0.4, -0.2) is 48.7 Å². The minimum Gasteiger partial charge on any atom is -0.449 e. The highest BCUT2D eigenvalue weighted by molar-refractivity contribution is 5.81. The summed E-state index contributed by atoms with van der Waals surface area (Å²) >= 11 is 0. The average Bonchev–Trinajstić information content (AvgIpc) is 2.62. The molecule has 1 aliphatic rings. The first-order valence-electron chi connectivity index (χ1n) is 9.51. The second-order valence-corrected chi connectivity index (χ2v) is 7.76. The lowest BCUT2D eigenvalue weighted by Gasteiger charge is -2.34. The molecule has 2 heterocycles. The van der Waals surface area contributed by atoms with Gasteiger partial charge in [0, 0.05) is 44.2 Å². The van der Waals surface area contributed by atoms with Gasteiger partial charge < -0.3 is 14.1 Å². The Kier molecular flexibility index (Phi) is 5.85. The Hall–Kier alpha value is -2.34. The summed E-state index contributed by atoms with van der Waals surface area (Å²) in [5, 5.41) is 0.983. The van der Waals surface area contributed by atoms with E-state index in [2.05, 4.69) is 17.9 Å². The van der Waals surface area contributed by atoms with Crippen LogP contribution in [0.5, 0.6) is 0 Å². The second-order valence-electron chi connectivity index (χ2n) is 7.76. The van der Waals surface area contributed by atoms with Crippen LogP contribution in [0.2, 0.25) is 0 Å². The van der Waals surface area contributed by atoms with E-state index in [0.29, 0.717) is 37.7 Å². The van der Waals surface area contributed by atoms with Gasteiger partial charge >= 0.3 is 11.7 Å². The quantitative estimate of drug-likeness (QED) is 0.771. The van der Waals surface area contributed by atoms with Crippen molar-refractivity contribution >= 4 is 17.1 Å². The monoisotopic (exact) mass is 372 g/mol. The zero-order valence-electron chi connectivity index (χ0n) is 16.6. The van der Waals surface area contributed by atoms with Gasteiger partial charge in [-0.3, -0.25) is 4.90 Å². The standard InChI is InChI=1S/C21H28N2O4/c1-14(2)13-26-21(25)23-7-5-22(6-8-23)12-17-11-20(24)27-19-10-16(4)15(3)9-18(17)19/h9-11,14H,5-8,12-13H2,1-4H3. The van der Waals surface area contributed by atoms with Crippen molar-refractivity contribution < 1.29 is 13.9 Å². The molecule has 0 spiro atoms. The Morgan fingerprint density at radius 3 is 2.44 bits per heavy atom. The Labute approximate surface area is 159 Å². The van der Waals surface area contributed by atoms with E-state index < -0.39 is 0 Å². The highest BCUT2D eigenvalue weighted by Gasteiger charge is 2.23. The van der Waals surface area contributed by atoms with Crippen molar-refractivity contribution in [1.29, 1.82) is 0 Å². The number of hydrogen-bond acceptors (Lipinski definition) is 5. The molecule has 0 radical (unpaired) electrons. The normalized spacial score (nSPS) is 15.5. The number of aryl methyl sites for hydroxylation is 2. The first-order chi connectivity index (χ1) is 12.8. The maximum absolute atomic E-state index is 12.1. The lowest BCUT2D eigenvalue weighted by molar-refractivity contribution is 0.0676. The molecule has 146 valence electrons. The zero-order valence-corrected chi connectivity index (χ0v) is 16.6. The Morgan fingerprint density at radius 1 is 1.11 bits per heavy atom. The average molecular weight is 372 g/mol. The summed E-state index contributed by atoms with van der Waals surface area (Å²) in [6, 6.07) is 5.60. The maximum atomic E-state index is 12.1. The van der Waals surface area contributed by atoms with Gasteiger partial charge in [0.25, 0.3) is 0 Å². The van der Waals surface area contributed by atoms with Crippen molar-refractivity contribution in [2.45, 2.75) is 34.2 Å². The van der Waals surface area contributed by atoms with Crippen LogP contribution in [-0.2, 0) is 11.3 Å². The molecular formula is C21H28N2O4. The number of benzene rings is 1. The molecule has 0 saturated carbocycles. The number of carbonyl (C=O) groups excluding carboxylic acids is 1. The smallest absolute Gasteiger partial charge is 0.409 e. The summed E-state index contributed by atoms with van der Waals surface area (Å²) in [5.41, 5.74) is 3.57. The fourth-order valence-corrected chi connectivity index (χ4v) is 3.27. The highest BCUT2D eigenvalue weighted by Crippen LogP contribution is 2.23. The summed E-state index contributed by atoms with van der Waals surface area (Å²) in [6.45, 7) is 12.0.